The molecule has 1 amide bonds. The standard InChI is InChI=1S/C30H28FN3O3S/c31-28-22-25(30(35)33-20-18-32(19-21-33)26-12-6-2-7-13-26)16-17-29(28)34(23-24-10-4-1-5-11-24)38(36,37)27-14-8-3-9-15-27/h1-17,22H,18-21,23H2. The lowest BCUT2D eigenvalue weighted by Crippen LogP contribution is -2.48. The van der Waals surface area contributed by atoms with E-state index in [2.05, 4.69) is 4.90 Å². The molecule has 0 atom stereocenters. The molecule has 1 saturated heterocycles. The lowest BCUT2D eigenvalue weighted by Gasteiger charge is -2.36. The fourth-order valence-electron chi connectivity index (χ4n) is 4.60. The summed E-state index contributed by atoms with van der Waals surface area (Å²) in [5.41, 5.74) is 1.90. The topological polar surface area (TPSA) is 60.9 Å². The Morgan fingerprint density at radius 2 is 1.34 bits per heavy atom. The normalized spacial score (nSPS) is 13.8. The van der Waals surface area contributed by atoms with E-state index in [1.54, 1.807) is 47.4 Å². The van der Waals surface area contributed by atoms with E-state index in [1.165, 1.54) is 24.3 Å². The number of carbonyl (C=O) groups is 1. The largest absolute Gasteiger partial charge is 0.368 e. The van der Waals surface area contributed by atoms with Crippen LogP contribution in [0.2, 0.25) is 0 Å². The van der Waals surface area contributed by atoms with Crippen molar-refractivity contribution in [2.45, 2.75) is 11.4 Å². The molecular formula is C30H28FN3O3S. The van der Waals surface area contributed by atoms with Gasteiger partial charge < -0.3 is 9.80 Å². The van der Waals surface area contributed by atoms with Crippen molar-refractivity contribution in [3.63, 3.8) is 0 Å². The van der Waals surface area contributed by atoms with Crippen LogP contribution < -0.4 is 9.21 Å². The van der Waals surface area contributed by atoms with Gasteiger partial charge in [0.25, 0.3) is 15.9 Å². The van der Waals surface area contributed by atoms with Crippen molar-refractivity contribution in [1.82, 2.24) is 4.90 Å². The van der Waals surface area contributed by atoms with Crippen LogP contribution in [-0.2, 0) is 16.6 Å². The molecule has 0 aromatic heterocycles. The maximum Gasteiger partial charge on any atom is 0.264 e. The number of rotatable bonds is 7. The van der Waals surface area contributed by atoms with Gasteiger partial charge in [0.2, 0.25) is 0 Å². The first-order chi connectivity index (χ1) is 18.4. The second-order valence-electron chi connectivity index (χ2n) is 9.09. The summed E-state index contributed by atoms with van der Waals surface area (Å²) in [4.78, 5) is 17.2. The molecule has 0 radical (unpaired) electrons. The quantitative estimate of drug-likeness (QED) is 0.331. The van der Waals surface area contributed by atoms with Crippen LogP contribution in [0.25, 0.3) is 0 Å². The van der Waals surface area contributed by atoms with Gasteiger partial charge in [0, 0.05) is 37.4 Å². The average Bonchev–Trinajstić information content (AvgIpc) is 2.97. The third-order valence-corrected chi connectivity index (χ3v) is 8.43. The molecule has 0 unspecified atom stereocenters. The fourth-order valence-corrected chi connectivity index (χ4v) is 6.08. The Bertz CT molecular complexity index is 1490. The Morgan fingerprint density at radius 3 is 1.95 bits per heavy atom. The summed E-state index contributed by atoms with van der Waals surface area (Å²) < 4.78 is 43.8. The Labute approximate surface area is 222 Å². The molecule has 8 heteroatoms. The van der Waals surface area contributed by atoms with E-state index in [0.29, 0.717) is 31.7 Å². The number of hydrogen-bond donors (Lipinski definition) is 0. The summed E-state index contributed by atoms with van der Waals surface area (Å²) in [7, 11) is -4.07. The smallest absolute Gasteiger partial charge is 0.264 e. The van der Waals surface area contributed by atoms with E-state index in [1.807, 2.05) is 36.4 Å². The highest BCUT2D eigenvalue weighted by atomic mass is 32.2. The summed E-state index contributed by atoms with van der Waals surface area (Å²) in [5.74, 6) is -1.04. The highest BCUT2D eigenvalue weighted by molar-refractivity contribution is 7.92. The number of piperazine rings is 1. The van der Waals surface area contributed by atoms with Crippen LogP contribution in [0.5, 0.6) is 0 Å². The van der Waals surface area contributed by atoms with Gasteiger partial charge in [0.15, 0.2) is 0 Å². The highest BCUT2D eigenvalue weighted by Crippen LogP contribution is 2.29. The van der Waals surface area contributed by atoms with Crippen LogP contribution in [0.3, 0.4) is 0 Å². The Kier molecular flexibility index (Phi) is 7.42. The number of para-hydroxylation sites is 1. The molecular weight excluding hydrogens is 501 g/mol. The molecule has 0 N–H and O–H groups in total. The number of benzene rings is 4. The first-order valence-corrected chi connectivity index (χ1v) is 13.9. The summed E-state index contributed by atoms with van der Waals surface area (Å²) in [6.07, 6.45) is 0. The summed E-state index contributed by atoms with van der Waals surface area (Å²) >= 11 is 0. The second-order valence-corrected chi connectivity index (χ2v) is 11.0. The Balaban J connectivity index is 1.39. The molecule has 0 spiro atoms. The molecule has 38 heavy (non-hydrogen) atoms. The number of sulfonamides is 1. The Hall–Kier alpha value is -4.17. The molecule has 0 saturated carbocycles. The predicted molar refractivity (Wildman–Crippen MR) is 147 cm³/mol. The van der Waals surface area contributed by atoms with Crippen molar-refractivity contribution < 1.29 is 17.6 Å². The maximum absolute atomic E-state index is 15.6. The van der Waals surface area contributed by atoms with Gasteiger partial charge in [-0.15, -0.1) is 0 Å². The van der Waals surface area contributed by atoms with E-state index >= 15 is 4.39 Å². The van der Waals surface area contributed by atoms with Gasteiger partial charge in [0.1, 0.15) is 5.82 Å². The number of amides is 1. The zero-order chi connectivity index (χ0) is 26.5. The minimum absolute atomic E-state index is 0.0519. The van der Waals surface area contributed by atoms with Crippen LogP contribution >= 0.6 is 0 Å². The lowest BCUT2D eigenvalue weighted by molar-refractivity contribution is 0.0746. The second kappa shape index (κ2) is 11.1. The minimum Gasteiger partial charge on any atom is -0.368 e. The van der Waals surface area contributed by atoms with Gasteiger partial charge in [-0.1, -0.05) is 66.7 Å². The first-order valence-electron chi connectivity index (χ1n) is 12.4. The first kappa shape index (κ1) is 25.5. The minimum atomic E-state index is -4.07. The molecule has 1 aliphatic rings. The van der Waals surface area contributed by atoms with E-state index in [-0.39, 0.29) is 28.6 Å². The lowest BCUT2D eigenvalue weighted by atomic mass is 10.1. The SMILES string of the molecule is O=C(c1ccc(N(Cc2ccccc2)S(=O)(=O)c2ccccc2)c(F)c1)N1CCN(c2ccccc2)CC1. The van der Waals surface area contributed by atoms with E-state index in [4.69, 9.17) is 0 Å². The number of anilines is 2. The predicted octanol–water partition coefficient (Wildman–Crippen LogP) is 5.18. The maximum atomic E-state index is 15.6. The van der Waals surface area contributed by atoms with Crippen molar-refractivity contribution in [3.8, 4) is 0 Å². The van der Waals surface area contributed by atoms with Crippen molar-refractivity contribution in [2.24, 2.45) is 0 Å². The third kappa shape index (κ3) is 5.40. The van der Waals surface area contributed by atoms with Gasteiger partial charge >= 0.3 is 0 Å². The molecule has 1 aliphatic heterocycles. The molecule has 6 nitrogen and oxygen atoms in total. The monoisotopic (exact) mass is 529 g/mol. The highest BCUT2D eigenvalue weighted by Gasteiger charge is 2.29. The van der Waals surface area contributed by atoms with Crippen molar-refractivity contribution in [2.75, 3.05) is 35.4 Å². The zero-order valence-corrected chi connectivity index (χ0v) is 21.6. The number of carbonyl (C=O) groups excluding carboxylic acids is 1. The fraction of sp³-hybridized carbons (Fsp3) is 0.167. The van der Waals surface area contributed by atoms with Crippen molar-refractivity contribution in [3.05, 3.63) is 126 Å². The summed E-state index contributed by atoms with van der Waals surface area (Å²) in [6.45, 7) is 2.33. The summed E-state index contributed by atoms with van der Waals surface area (Å²) in [5, 5.41) is 0. The summed E-state index contributed by atoms with van der Waals surface area (Å²) in [6, 6.07) is 31.0. The molecule has 1 fully saturated rings. The number of hydrogen-bond acceptors (Lipinski definition) is 4. The van der Waals surface area contributed by atoms with Crippen molar-refractivity contribution in [1.29, 1.82) is 0 Å². The zero-order valence-electron chi connectivity index (χ0n) is 20.8. The molecule has 5 rings (SSSR count). The molecule has 4 aromatic rings. The van der Waals surface area contributed by atoms with Gasteiger partial charge in [-0.2, -0.15) is 0 Å². The molecule has 4 aromatic carbocycles. The van der Waals surface area contributed by atoms with Gasteiger partial charge in [0.05, 0.1) is 17.1 Å². The average molecular weight is 530 g/mol. The third-order valence-electron chi connectivity index (χ3n) is 6.65. The number of nitrogens with zero attached hydrogens (tertiary/aromatic N) is 3. The van der Waals surface area contributed by atoms with Crippen molar-refractivity contribution >= 4 is 27.3 Å². The van der Waals surface area contributed by atoms with Gasteiger partial charge in [-0.25, -0.2) is 12.8 Å². The van der Waals surface area contributed by atoms with Crippen LogP contribution in [0.15, 0.2) is 114 Å². The van der Waals surface area contributed by atoms with Crippen LogP contribution in [0.1, 0.15) is 15.9 Å². The van der Waals surface area contributed by atoms with E-state index in [0.717, 1.165) is 16.1 Å². The molecule has 0 bridgehead atoms. The Morgan fingerprint density at radius 1 is 0.763 bits per heavy atom. The van der Waals surface area contributed by atoms with Gasteiger partial charge in [-0.3, -0.25) is 9.10 Å². The van der Waals surface area contributed by atoms with Crippen LogP contribution in [0, 0.1) is 5.82 Å². The van der Waals surface area contributed by atoms with E-state index in [9.17, 15) is 13.2 Å². The molecule has 0 aliphatic carbocycles. The molecule has 1 heterocycles. The van der Waals surface area contributed by atoms with Crippen LogP contribution in [0.4, 0.5) is 15.8 Å². The number of halogens is 1. The van der Waals surface area contributed by atoms with Crippen LogP contribution in [-0.4, -0.2) is 45.4 Å². The van der Waals surface area contributed by atoms with E-state index < -0.39 is 15.8 Å². The molecule has 194 valence electrons. The van der Waals surface area contributed by atoms with Gasteiger partial charge in [-0.05, 0) is 48.0 Å².